The van der Waals surface area contributed by atoms with E-state index >= 15 is 0 Å². The Hall–Kier alpha value is -0.660. The summed E-state index contributed by atoms with van der Waals surface area (Å²) >= 11 is 0. The van der Waals surface area contributed by atoms with Crippen LogP contribution in [0.2, 0.25) is 0 Å². The highest BCUT2D eigenvalue weighted by molar-refractivity contribution is 4.96. The largest absolute Gasteiger partial charge is 0.323 e. The average molecular weight is 176 g/mol. The maximum atomic E-state index is 11.8. The van der Waals surface area contributed by atoms with Crippen LogP contribution in [0.3, 0.4) is 0 Å². The summed E-state index contributed by atoms with van der Waals surface area (Å²) in [6, 6.07) is -1.38. The monoisotopic (exact) mass is 176 g/mol. The Morgan fingerprint density at radius 1 is 1.25 bits per heavy atom. The molecule has 0 spiro atoms. The SMILES string of the molecule is C#CC(N)CCCC(N)C(F)F. The first-order valence-corrected chi connectivity index (χ1v) is 3.83. The Kier molecular flexibility index (Phi) is 5.60. The third-order valence-corrected chi connectivity index (χ3v) is 1.59. The lowest BCUT2D eigenvalue weighted by atomic mass is 10.1. The first kappa shape index (κ1) is 11.3. The molecule has 70 valence electrons. The van der Waals surface area contributed by atoms with Crippen LogP contribution in [-0.2, 0) is 0 Å². The number of halogens is 2. The molecule has 0 rings (SSSR count). The second-order valence-corrected chi connectivity index (χ2v) is 2.70. The molecule has 0 saturated heterocycles. The zero-order valence-electron chi connectivity index (χ0n) is 6.84. The van der Waals surface area contributed by atoms with E-state index in [1.165, 1.54) is 0 Å². The maximum absolute atomic E-state index is 11.8. The molecule has 2 nitrogen and oxygen atoms in total. The van der Waals surface area contributed by atoms with Gasteiger partial charge in [0, 0.05) is 0 Å². The summed E-state index contributed by atoms with van der Waals surface area (Å²) < 4.78 is 23.7. The Labute approximate surface area is 71.3 Å². The van der Waals surface area contributed by atoms with E-state index in [1.807, 2.05) is 0 Å². The van der Waals surface area contributed by atoms with Crippen molar-refractivity contribution in [2.45, 2.75) is 37.8 Å². The minimum absolute atomic E-state index is 0.271. The van der Waals surface area contributed by atoms with Gasteiger partial charge >= 0.3 is 0 Å². The second kappa shape index (κ2) is 5.92. The van der Waals surface area contributed by atoms with Crippen LogP contribution in [0.5, 0.6) is 0 Å². The van der Waals surface area contributed by atoms with E-state index in [0.29, 0.717) is 12.8 Å². The highest BCUT2D eigenvalue weighted by Crippen LogP contribution is 2.07. The molecule has 4 N–H and O–H groups in total. The molecule has 0 aliphatic rings. The van der Waals surface area contributed by atoms with Crippen molar-refractivity contribution in [3.63, 3.8) is 0 Å². The van der Waals surface area contributed by atoms with Crippen molar-refractivity contribution in [1.29, 1.82) is 0 Å². The molecule has 0 saturated carbocycles. The molecule has 0 aliphatic carbocycles. The van der Waals surface area contributed by atoms with E-state index in [0.717, 1.165) is 0 Å². The minimum Gasteiger partial charge on any atom is -0.323 e. The van der Waals surface area contributed by atoms with Crippen molar-refractivity contribution in [3.05, 3.63) is 0 Å². The van der Waals surface area contributed by atoms with Crippen molar-refractivity contribution in [3.8, 4) is 12.3 Å². The van der Waals surface area contributed by atoms with Crippen LogP contribution in [0, 0.1) is 12.3 Å². The van der Waals surface area contributed by atoms with Crippen molar-refractivity contribution < 1.29 is 8.78 Å². The van der Waals surface area contributed by atoms with Gasteiger partial charge in [0.25, 0.3) is 6.43 Å². The highest BCUT2D eigenvalue weighted by atomic mass is 19.3. The van der Waals surface area contributed by atoms with Crippen LogP contribution in [-0.4, -0.2) is 18.5 Å². The first-order chi connectivity index (χ1) is 5.57. The standard InChI is InChI=1S/C8H14F2N2/c1-2-6(11)4-3-5-7(12)8(9)10/h1,6-8H,3-5,11-12H2. The lowest BCUT2D eigenvalue weighted by molar-refractivity contribution is 0.111. The average Bonchev–Trinajstić information content (AvgIpc) is 2.03. The second-order valence-electron chi connectivity index (χ2n) is 2.70. The number of hydrogen-bond donors (Lipinski definition) is 2. The van der Waals surface area contributed by atoms with Crippen molar-refractivity contribution in [1.82, 2.24) is 0 Å². The molecule has 2 atom stereocenters. The van der Waals surface area contributed by atoms with Gasteiger partial charge in [0.1, 0.15) is 0 Å². The van der Waals surface area contributed by atoms with Gasteiger partial charge in [-0.2, -0.15) is 0 Å². The number of rotatable bonds is 5. The molecule has 0 aromatic rings. The summed E-state index contributed by atoms with van der Waals surface area (Å²) in [4.78, 5) is 0. The van der Waals surface area contributed by atoms with Crippen LogP contribution >= 0.6 is 0 Å². The smallest absolute Gasteiger partial charge is 0.253 e. The van der Waals surface area contributed by atoms with E-state index < -0.39 is 12.5 Å². The Morgan fingerprint density at radius 3 is 2.25 bits per heavy atom. The van der Waals surface area contributed by atoms with Crippen LogP contribution < -0.4 is 11.5 Å². The predicted octanol–water partition coefficient (Wildman–Crippen LogP) is 0.710. The predicted molar refractivity (Wildman–Crippen MR) is 44.6 cm³/mol. The molecule has 12 heavy (non-hydrogen) atoms. The lowest BCUT2D eigenvalue weighted by Gasteiger charge is -2.10. The summed E-state index contributed by atoms with van der Waals surface area (Å²) in [5.74, 6) is 2.32. The molecule has 0 bridgehead atoms. The topological polar surface area (TPSA) is 52.0 Å². The Bertz CT molecular complexity index is 154. The van der Waals surface area contributed by atoms with Crippen molar-refractivity contribution in [2.75, 3.05) is 0 Å². The minimum atomic E-state index is -2.45. The fourth-order valence-electron chi connectivity index (χ4n) is 0.783. The summed E-state index contributed by atoms with van der Waals surface area (Å²) in [7, 11) is 0. The van der Waals surface area contributed by atoms with Crippen molar-refractivity contribution in [2.24, 2.45) is 11.5 Å². The number of nitrogens with two attached hydrogens (primary N) is 2. The van der Waals surface area contributed by atoms with E-state index in [9.17, 15) is 8.78 Å². The van der Waals surface area contributed by atoms with Crippen molar-refractivity contribution >= 4 is 0 Å². The normalized spacial score (nSPS) is 15.7. The summed E-state index contributed by atoms with van der Waals surface area (Å²) in [5, 5.41) is 0. The van der Waals surface area contributed by atoms with Crippen LogP contribution in [0.1, 0.15) is 19.3 Å². The van der Waals surface area contributed by atoms with Gasteiger partial charge in [-0.3, -0.25) is 0 Å². The summed E-state index contributed by atoms with van der Waals surface area (Å²) in [5.41, 5.74) is 10.5. The van der Waals surface area contributed by atoms with Gasteiger partial charge < -0.3 is 11.5 Å². The Morgan fingerprint density at radius 2 is 1.83 bits per heavy atom. The zero-order valence-corrected chi connectivity index (χ0v) is 6.84. The van der Waals surface area contributed by atoms with Crippen LogP contribution in [0.4, 0.5) is 8.78 Å². The van der Waals surface area contributed by atoms with Gasteiger partial charge in [-0.05, 0) is 19.3 Å². The zero-order chi connectivity index (χ0) is 9.56. The molecule has 0 fully saturated rings. The fraction of sp³-hybridized carbons (Fsp3) is 0.750. The molecule has 0 aromatic carbocycles. The van der Waals surface area contributed by atoms with E-state index in [4.69, 9.17) is 17.9 Å². The van der Waals surface area contributed by atoms with E-state index in [2.05, 4.69) is 5.92 Å². The van der Waals surface area contributed by atoms with Gasteiger partial charge in [-0.25, -0.2) is 8.78 Å². The lowest BCUT2D eigenvalue weighted by Crippen LogP contribution is -2.29. The molecule has 0 aliphatic heterocycles. The van der Waals surface area contributed by atoms with Gasteiger partial charge in [-0.1, -0.05) is 5.92 Å². The number of terminal acetylenes is 1. The van der Waals surface area contributed by atoms with Gasteiger partial charge in [0.15, 0.2) is 0 Å². The molecule has 2 unspecified atom stereocenters. The molecule has 0 amide bonds. The number of hydrogen-bond acceptors (Lipinski definition) is 2. The van der Waals surface area contributed by atoms with E-state index in [1.54, 1.807) is 0 Å². The van der Waals surface area contributed by atoms with Gasteiger partial charge in [-0.15, -0.1) is 6.42 Å². The molecule has 4 heteroatoms. The molecular weight excluding hydrogens is 162 g/mol. The third kappa shape index (κ3) is 5.05. The van der Waals surface area contributed by atoms with Gasteiger partial charge in [0.2, 0.25) is 0 Å². The van der Waals surface area contributed by atoms with Crippen LogP contribution in [0.25, 0.3) is 0 Å². The number of alkyl halides is 2. The third-order valence-electron chi connectivity index (χ3n) is 1.59. The Balaban J connectivity index is 3.38. The summed E-state index contributed by atoms with van der Waals surface area (Å²) in [6.45, 7) is 0. The quantitative estimate of drug-likeness (QED) is 0.606. The molecule has 0 heterocycles. The van der Waals surface area contributed by atoms with E-state index in [-0.39, 0.29) is 12.5 Å². The molecule has 0 aromatic heterocycles. The summed E-state index contributed by atoms with van der Waals surface area (Å²) in [6.07, 6.45) is 3.92. The molecular formula is C8H14F2N2. The highest BCUT2D eigenvalue weighted by Gasteiger charge is 2.14. The maximum Gasteiger partial charge on any atom is 0.253 e. The van der Waals surface area contributed by atoms with Gasteiger partial charge in [0.05, 0.1) is 12.1 Å². The van der Waals surface area contributed by atoms with Crippen LogP contribution in [0.15, 0.2) is 0 Å². The fourth-order valence-corrected chi connectivity index (χ4v) is 0.783. The molecule has 0 radical (unpaired) electrons. The first-order valence-electron chi connectivity index (χ1n) is 3.83.